The maximum absolute atomic E-state index is 12.3. The minimum absolute atomic E-state index is 0.0917. The zero-order chi connectivity index (χ0) is 17.2. The van der Waals surface area contributed by atoms with E-state index in [1.807, 2.05) is 59.3 Å². The molecule has 4 rings (SSSR count). The summed E-state index contributed by atoms with van der Waals surface area (Å²) < 4.78 is 1.98. The van der Waals surface area contributed by atoms with Crippen molar-refractivity contribution in [2.75, 3.05) is 5.32 Å². The summed E-state index contributed by atoms with van der Waals surface area (Å²) in [6.07, 6.45) is 3.99. The molecule has 0 atom stereocenters. The third kappa shape index (κ3) is 3.29. The average molecular weight is 348 g/mol. The van der Waals surface area contributed by atoms with Crippen LogP contribution < -0.4 is 5.32 Å². The maximum Gasteiger partial charge on any atom is 0.231 e. The molecule has 0 aliphatic heterocycles. The number of nitrogens with zero attached hydrogens (tertiary/aromatic N) is 3. The van der Waals surface area contributed by atoms with Crippen LogP contribution in [0.2, 0.25) is 0 Å². The molecule has 6 heteroatoms. The quantitative estimate of drug-likeness (QED) is 0.607. The molecule has 1 N–H and O–H groups in total. The number of nitrogens with one attached hydrogen (secondary N) is 1. The van der Waals surface area contributed by atoms with E-state index in [1.165, 1.54) is 11.3 Å². The molecule has 0 fully saturated rings. The van der Waals surface area contributed by atoms with Crippen LogP contribution in [0.1, 0.15) is 11.3 Å². The van der Waals surface area contributed by atoms with Gasteiger partial charge in [-0.15, -0.1) is 11.3 Å². The van der Waals surface area contributed by atoms with E-state index in [2.05, 4.69) is 15.3 Å². The van der Waals surface area contributed by atoms with Crippen molar-refractivity contribution in [3.05, 3.63) is 71.5 Å². The highest BCUT2D eigenvalue weighted by Gasteiger charge is 2.13. The number of imidazole rings is 1. The van der Waals surface area contributed by atoms with E-state index in [-0.39, 0.29) is 12.3 Å². The SMILES string of the molecule is Cc1ccc(NC(=O)Cc2csc3nc(-c4ccccc4)cn23)nc1. The fourth-order valence-corrected chi connectivity index (χ4v) is 3.47. The molecule has 0 unspecified atom stereocenters. The number of fused-ring (bicyclic) bond motifs is 1. The Labute approximate surface area is 149 Å². The third-order valence-corrected chi connectivity index (χ3v) is 4.76. The summed E-state index contributed by atoms with van der Waals surface area (Å²) in [5, 5.41) is 4.80. The highest BCUT2D eigenvalue weighted by atomic mass is 32.1. The van der Waals surface area contributed by atoms with Gasteiger partial charge in [0.25, 0.3) is 0 Å². The van der Waals surface area contributed by atoms with Crippen LogP contribution in [-0.4, -0.2) is 20.3 Å². The van der Waals surface area contributed by atoms with Crippen molar-refractivity contribution in [3.8, 4) is 11.3 Å². The number of aryl methyl sites for hydroxylation is 1. The van der Waals surface area contributed by atoms with Gasteiger partial charge in [0, 0.05) is 29.0 Å². The van der Waals surface area contributed by atoms with Crippen molar-refractivity contribution in [1.82, 2.24) is 14.4 Å². The molecule has 3 aromatic heterocycles. The minimum atomic E-state index is -0.0917. The van der Waals surface area contributed by atoms with Gasteiger partial charge in [-0.25, -0.2) is 9.97 Å². The fraction of sp³-hybridized carbons (Fsp3) is 0.105. The summed E-state index contributed by atoms with van der Waals surface area (Å²) in [7, 11) is 0. The van der Waals surface area contributed by atoms with E-state index < -0.39 is 0 Å². The summed E-state index contributed by atoms with van der Waals surface area (Å²) in [6.45, 7) is 1.96. The van der Waals surface area contributed by atoms with Crippen molar-refractivity contribution >= 4 is 28.0 Å². The van der Waals surface area contributed by atoms with Gasteiger partial charge in [0.05, 0.1) is 12.1 Å². The average Bonchev–Trinajstić information content (AvgIpc) is 3.20. The second-order valence-corrected chi connectivity index (χ2v) is 6.65. The first kappa shape index (κ1) is 15.5. The number of hydrogen-bond acceptors (Lipinski definition) is 4. The Kier molecular flexibility index (Phi) is 4.03. The van der Waals surface area contributed by atoms with Crippen molar-refractivity contribution in [1.29, 1.82) is 0 Å². The van der Waals surface area contributed by atoms with Gasteiger partial charge in [-0.1, -0.05) is 36.4 Å². The normalized spacial score (nSPS) is 10.9. The molecule has 4 aromatic rings. The number of amides is 1. The number of hydrogen-bond donors (Lipinski definition) is 1. The number of rotatable bonds is 4. The Morgan fingerprint density at radius 1 is 1.20 bits per heavy atom. The number of carbonyl (C=O) groups is 1. The molecule has 5 nitrogen and oxygen atoms in total. The number of anilines is 1. The summed E-state index contributed by atoms with van der Waals surface area (Å²) >= 11 is 1.54. The van der Waals surface area contributed by atoms with Crippen molar-refractivity contribution in [3.63, 3.8) is 0 Å². The molecule has 1 aromatic carbocycles. The number of pyridine rings is 1. The largest absolute Gasteiger partial charge is 0.310 e. The van der Waals surface area contributed by atoms with Gasteiger partial charge in [0.15, 0.2) is 4.96 Å². The summed E-state index contributed by atoms with van der Waals surface area (Å²) in [5.74, 6) is 0.476. The highest BCUT2D eigenvalue weighted by Crippen LogP contribution is 2.23. The van der Waals surface area contributed by atoms with Crippen LogP contribution in [0.5, 0.6) is 0 Å². The molecule has 0 aliphatic rings. The monoisotopic (exact) mass is 348 g/mol. The van der Waals surface area contributed by atoms with E-state index >= 15 is 0 Å². The minimum Gasteiger partial charge on any atom is -0.310 e. The summed E-state index contributed by atoms with van der Waals surface area (Å²) in [5.41, 5.74) is 3.95. The van der Waals surface area contributed by atoms with Crippen LogP contribution in [0, 0.1) is 6.92 Å². The summed E-state index contributed by atoms with van der Waals surface area (Å²) in [4.78, 5) is 22.0. The van der Waals surface area contributed by atoms with E-state index in [4.69, 9.17) is 0 Å². The number of aromatic nitrogens is 3. The molecular weight excluding hydrogens is 332 g/mol. The molecule has 0 bridgehead atoms. The lowest BCUT2D eigenvalue weighted by Crippen LogP contribution is -2.16. The second-order valence-electron chi connectivity index (χ2n) is 5.82. The smallest absolute Gasteiger partial charge is 0.231 e. The molecule has 0 radical (unpaired) electrons. The molecule has 25 heavy (non-hydrogen) atoms. The lowest BCUT2D eigenvalue weighted by molar-refractivity contribution is -0.115. The third-order valence-electron chi connectivity index (χ3n) is 3.87. The van der Waals surface area contributed by atoms with E-state index in [0.717, 1.165) is 27.5 Å². The van der Waals surface area contributed by atoms with E-state index in [1.54, 1.807) is 12.3 Å². The van der Waals surface area contributed by atoms with Crippen LogP contribution in [0.4, 0.5) is 5.82 Å². The standard InChI is InChI=1S/C19H16N4OS/c1-13-7-8-17(20-10-13)22-18(24)9-15-12-25-19-21-16(11-23(15)19)14-5-3-2-4-6-14/h2-8,10-12H,9H2,1H3,(H,20,22,24). The molecule has 0 saturated carbocycles. The van der Waals surface area contributed by atoms with Crippen LogP contribution in [0.25, 0.3) is 16.2 Å². The number of benzene rings is 1. The van der Waals surface area contributed by atoms with Gasteiger partial charge in [0.1, 0.15) is 5.82 Å². The second kappa shape index (κ2) is 6.49. The molecule has 3 heterocycles. The zero-order valence-electron chi connectivity index (χ0n) is 13.6. The Balaban J connectivity index is 1.54. The molecule has 0 spiro atoms. The van der Waals surface area contributed by atoms with Gasteiger partial charge in [-0.05, 0) is 18.6 Å². The van der Waals surface area contributed by atoms with Gasteiger partial charge in [-0.3, -0.25) is 9.20 Å². The van der Waals surface area contributed by atoms with Crippen molar-refractivity contribution < 1.29 is 4.79 Å². The molecule has 0 saturated heterocycles. The first-order valence-electron chi connectivity index (χ1n) is 7.92. The Bertz CT molecular complexity index is 1020. The van der Waals surface area contributed by atoms with Crippen LogP contribution in [-0.2, 0) is 11.2 Å². The van der Waals surface area contributed by atoms with Gasteiger partial charge >= 0.3 is 0 Å². The van der Waals surface area contributed by atoms with Crippen molar-refractivity contribution in [2.24, 2.45) is 0 Å². The summed E-state index contributed by atoms with van der Waals surface area (Å²) in [6, 6.07) is 13.8. The number of carbonyl (C=O) groups excluding carboxylic acids is 1. The maximum atomic E-state index is 12.3. The Morgan fingerprint density at radius 3 is 2.80 bits per heavy atom. The van der Waals surface area contributed by atoms with Crippen LogP contribution >= 0.6 is 11.3 Å². The molecular formula is C19H16N4OS. The predicted molar refractivity (Wildman–Crippen MR) is 99.8 cm³/mol. The van der Waals surface area contributed by atoms with Gasteiger partial charge in [0.2, 0.25) is 5.91 Å². The number of thiazole rings is 1. The fourth-order valence-electron chi connectivity index (χ4n) is 2.60. The van der Waals surface area contributed by atoms with E-state index in [0.29, 0.717) is 5.82 Å². The lowest BCUT2D eigenvalue weighted by atomic mass is 10.2. The first-order valence-corrected chi connectivity index (χ1v) is 8.80. The lowest BCUT2D eigenvalue weighted by Gasteiger charge is -2.04. The molecule has 124 valence electrons. The predicted octanol–water partition coefficient (Wildman–Crippen LogP) is 3.95. The van der Waals surface area contributed by atoms with Gasteiger partial charge < -0.3 is 5.32 Å². The first-order chi connectivity index (χ1) is 12.2. The topological polar surface area (TPSA) is 59.3 Å². The van der Waals surface area contributed by atoms with Crippen molar-refractivity contribution in [2.45, 2.75) is 13.3 Å². The van der Waals surface area contributed by atoms with Gasteiger partial charge in [-0.2, -0.15) is 0 Å². The van der Waals surface area contributed by atoms with Crippen LogP contribution in [0.15, 0.2) is 60.2 Å². The molecule has 1 amide bonds. The van der Waals surface area contributed by atoms with Crippen LogP contribution in [0.3, 0.4) is 0 Å². The highest BCUT2D eigenvalue weighted by molar-refractivity contribution is 7.15. The molecule has 0 aliphatic carbocycles. The van der Waals surface area contributed by atoms with E-state index in [9.17, 15) is 4.79 Å². The zero-order valence-corrected chi connectivity index (χ0v) is 14.5. The Morgan fingerprint density at radius 2 is 2.04 bits per heavy atom. The Hall–Kier alpha value is -2.99.